The lowest BCUT2D eigenvalue weighted by Gasteiger charge is -2.31. The summed E-state index contributed by atoms with van der Waals surface area (Å²) in [5.74, 6) is 0.623. The van der Waals surface area contributed by atoms with Crippen molar-refractivity contribution in [3.05, 3.63) is 30.2 Å². The molecule has 1 fully saturated rings. The first-order valence-electron chi connectivity index (χ1n) is 7.90. The monoisotopic (exact) mass is 333 g/mol. The Balaban J connectivity index is 1.52. The molecular formula is C16H19N3O5. The molecule has 2 aromatic heterocycles. The van der Waals surface area contributed by atoms with Gasteiger partial charge in [0, 0.05) is 25.2 Å². The molecule has 3 rings (SSSR count). The number of carbonyl (C=O) groups excluding carboxylic acids is 2. The van der Waals surface area contributed by atoms with E-state index in [-0.39, 0.29) is 23.7 Å². The van der Waals surface area contributed by atoms with E-state index in [0.717, 1.165) is 0 Å². The zero-order chi connectivity index (χ0) is 16.9. The van der Waals surface area contributed by atoms with E-state index in [1.807, 2.05) is 0 Å². The molecule has 3 heterocycles. The van der Waals surface area contributed by atoms with E-state index in [4.69, 9.17) is 13.7 Å². The third-order valence-electron chi connectivity index (χ3n) is 3.86. The number of hydrogen-bond acceptors (Lipinski definition) is 6. The Kier molecular flexibility index (Phi) is 4.83. The summed E-state index contributed by atoms with van der Waals surface area (Å²) in [5.41, 5.74) is 0.203. The van der Waals surface area contributed by atoms with Crippen molar-refractivity contribution >= 4 is 12.0 Å². The quantitative estimate of drug-likeness (QED) is 0.922. The Bertz CT molecular complexity index is 686. The van der Waals surface area contributed by atoms with Crippen molar-refractivity contribution in [1.82, 2.24) is 15.4 Å². The fraction of sp³-hybridized carbons (Fsp3) is 0.438. The standard InChI is InChI=1S/C16H19N3O5/c1-2-22-16(21)19-7-5-11(6-8-19)17-15(20)12-10-14(24-18-12)13-4-3-9-23-13/h3-4,9-11H,2,5-8H2,1H3,(H,17,20). The first-order valence-corrected chi connectivity index (χ1v) is 7.90. The maximum absolute atomic E-state index is 12.2. The molecule has 0 saturated carbocycles. The summed E-state index contributed by atoms with van der Waals surface area (Å²) in [6.07, 6.45) is 2.57. The van der Waals surface area contributed by atoms with Gasteiger partial charge in [-0.15, -0.1) is 0 Å². The molecule has 1 saturated heterocycles. The van der Waals surface area contributed by atoms with Gasteiger partial charge in [0.25, 0.3) is 5.91 Å². The Hall–Kier alpha value is -2.77. The molecule has 1 aliphatic rings. The van der Waals surface area contributed by atoms with Crippen LogP contribution in [0, 0.1) is 0 Å². The Morgan fingerprint density at radius 2 is 2.17 bits per heavy atom. The van der Waals surface area contributed by atoms with Gasteiger partial charge in [-0.1, -0.05) is 5.16 Å². The lowest BCUT2D eigenvalue weighted by atomic mass is 10.1. The molecule has 24 heavy (non-hydrogen) atoms. The second-order valence-corrected chi connectivity index (χ2v) is 5.49. The van der Waals surface area contributed by atoms with E-state index in [9.17, 15) is 9.59 Å². The number of hydrogen-bond donors (Lipinski definition) is 1. The third-order valence-corrected chi connectivity index (χ3v) is 3.86. The molecule has 1 aliphatic heterocycles. The van der Waals surface area contributed by atoms with E-state index in [1.165, 1.54) is 6.26 Å². The van der Waals surface area contributed by atoms with Gasteiger partial charge in [-0.05, 0) is 31.9 Å². The highest BCUT2D eigenvalue weighted by Crippen LogP contribution is 2.20. The lowest BCUT2D eigenvalue weighted by molar-refractivity contribution is 0.0854. The Morgan fingerprint density at radius 1 is 1.38 bits per heavy atom. The molecule has 1 N–H and O–H groups in total. The maximum Gasteiger partial charge on any atom is 0.409 e. The first kappa shape index (κ1) is 16.1. The molecule has 2 aromatic rings. The zero-order valence-corrected chi connectivity index (χ0v) is 13.4. The molecule has 0 spiro atoms. The van der Waals surface area contributed by atoms with E-state index in [2.05, 4.69) is 10.5 Å². The van der Waals surface area contributed by atoms with Crippen LogP contribution in [0.25, 0.3) is 11.5 Å². The number of likely N-dealkylation sites (tertiary alicyclic amines) is 1. The molecule has 0 radical (unpaired) electrons. The van der Waals surface area contributed by atoms with Crippen molar-refractivity contribution in [1.29, 1.82) is 0 Å². The van der Waals surface area contributed by atoms with Crippen LogP contribution in [0.3, 0.4) is 0 Å². The van der Waals surface area contributed by atoms with E-state index < -0.39 is 0 Å². The van der Waals surface area contributed by atoms with E-state index >= 15 is 0 Å². The topological polar surface area (TPSA) is 97.8 Å². The minimum Gasteiger partial charge on any atom is -0.461 e. The third kappa shape index (κ3) is 3.58. The number of piperidine rings is 1. The Morgan fingerprint density at radius 3 is 2.83 bits per heavy atom. The van der Waals surface area contributed by atoms with E-state index in [1.54, 1.807) is 30.0 Å². The summed E-state index contributed by atoms with van der Waals surface area (Å²) in [7, 11) is 0. The number of aromatic nitrogens is 1. The SMILES string of the molecule is CCOC(=O)N1CCC(NC(=O)c2cc(-c3ccco3)on2)CC1. The summed E-state index contributed by atoms with van der Waals surface area (Å²) >= 11 is 0. The van der Waals surface area contributed by atoms with Crippen LogP contribution < -0.4 is 5.32 Å². The minimum absolute atomic E-state index is 0.00746. The van der Waals surface area contributed by atoms with Crippen LogP contribution in [-0.2, 0) is 4.74 Å². The van der Waals surface area contributed by atoms with Crippen LogP contribution in [0.4, 0.5) is 4.79 Å². The van der Waals surface area contributed by atoms with Gasteiger partial charge in [-0.25, -0.2) is 4.79 Å². The van der Waals surface area contributed by atoms with Crippen LogP contribution in [-0.4, -0.2) is 47.8 Å². The Labute approximate surface area is 138 Å². The predicted octanol–water partition coefficient (Wildman–Crippen LogP) is 2.29. The highest BCUT2D eigenvalue weighted by atomic mass is 16.6. The number of amides is 2. The van der Waals surface area contributed by atoms with Crippen LogP contribution in [0.15, 0.2) is 33.4 Å². The second-order valence-electron chi connectivity index (χ2n) is 5.49. The molecular weight excluding hydrogens is 314 g/mol. The van der Waals surface area contributed by atoms with Gasteiger partial charge in [0.1, 0.15) is 0 Å². The summed E-state index contributed by atoms with van der Waals surface area (Å²) < 4.78 is 15.3. The average molecular weight is 333 g/mol. The molecule has 0 bridgehead atoms. The van der Waals surface area contributed by atoms with Gasteiger partial charge in [-0.2, -0.15) is 0 Å². The van der Waals surface area contributed by atoms with E-state index in [0.29, 0.717) is 44.1 Å². The summed E-state index contributed by atoms with van der Waals surface area (Å²) in [4.78, 5) is 25.5. The molecule has 128 valence electrons. The number of rotatable bonds is 4. The normalized spacial score (nSPS) is 15.3. The highest BCUT2D eigenvalue weighted by molar-refractivity contribution is 5.93. The summed E-state index contributed by atoms with van der Waals surface area (Å²) in [6.45, 7) is 3.25. The fourth-order valence-electron chi connectivity index (χ4n) is 2.60. The number of furan rings is 1. The number of nitrogens with zero attached hydrogens (tertiary/aromatic N) is 2. The van der Waals surface area contributed by atoms with Crippen LogP contribution in [0.1, 0.15) is 30.3 Å². The zero-order valence-electron chi connectivity index (χ0n) is 13.4. The van der Waals surface area contributed by atoms with Crippen molar-refractivity contribution in [2.24, 2.45) is 0 Å². The molecule has 0 atom stereocenters. The molecule has 0 aromatic carbocycles. The van der Waals surface area contributed by atoms with Gasteiger partial charge < -0.3 is 23.9 Å². The predicted molar refractivity (Wildman–Crippen MR) is 83.3 cm³/mol. The van der Waals surface area contributed by atoms with Crippen molar-refractivity contribution < 1.29 is 23.3 Å². The van der Waals surface area contributed by atoms with Crippen molar-refractivity contribution in [2.75, 3.05) is 19.7 Å². The van der Waals surface area contributed by atoms with Crippen molar-refractivity contribution in [3.8, 4) is 11.5 Å². The summed E-state index contributed by atoms with van der Waals surface area (Å²) in [5, 5.41) is 6.69. The van der Waals surface area contributed by atoms with Gasteiger partial charge in [-0.3, -0.25) is 4.79 Å². The molecule has 8 nitrogen and oxygen atoms in total. The molecule has 8 heteroatoms. The molecule has 0 unspecified atom stereocenters. The van der Waals surface area contributed by atoms with Gasteiger partial charge in [0.2, 0.25) is 5.76 Å². The van der Waals surface area contributed by atoms with Crippen molar-refractivity contribution in [3.63, 3.8) is 0 Å². The number of nitrogens with one attached hydrogen (secondary N) is 1. The average Bonchev–Trinajstić information content (AvgIpc) is 3.27. The van der Waals surface area contributed by atoms with Crippen molar-refractivity contribution in [2.45, 2.75) is 25.8 Å². The fourth-order valence-corrected chi connectivity index (χ4v) is 2.60. The lowest BCUT2D eigenvalue weighted by Crippen LogP contribution is -2.46. The largest absolute Gasteiger partial charge is 0.461 e. The van der Waals surface area contributed by atoms with Gasteiger partial charge >= 0.3 is 6.09 Å². The summed E-state index contributed by atoms with van der Waals surface area (Å²) in [6, 6.07) is 5.00. The molecule has 0 aliphatic carbocycles. The van der Waals surface area contributed by atoms with Crippen LogP contribution in [0.2, 0.25) is 0 Å². The van der Waals surface area contributed by atoms with Gasteiger partial charge in [0.15, 0.2) is 11.5 Å². The molecule has 2 amide bonds. The maximum atomic E-state index is 12.2. The van der Waals surface area contributed by atoms with Crippen LogP contribution >= 0.6 is 0 Å². The highest BCUT2D eigenvalue weighted by Gasteiger charge is 2.25. The minimum atomic E-state index is -0.304. The first-order chi connectivity index (χ1) is 11.7. The second kappa shape index (κ2) is 7.20. The van der Waals surface area contributed by atoms with Crippen LogP contribution in [0.5, 0.6) is 0 Å². The number of ether oxygens (including phenoxy) is 1. The number of carbonyl (C=O) groups is 2. The smallest absolute Gasteiger partial charge is 0.409 e. The van der Waals surface area contributed by atoms with Gasteiger partial charge in [0.05, 0.1) is 12.9 Å².